The van der Waals surface area contributed by atoms with Gasteiger partial charge in [0.15, 0.2) is 0 Å². The van der Waals surface area contributed by atoms with Crippen molar-refractivity contribution in [1.29, 1.82) is 0 Å². The first-order chi connectivity index (χ1) is 9.43. The van der Waals surface area contributed by atoms with E-state index in [2.05, 4.69) is 5.32 Å². The first-order valence-electron chi connectivity index (χ1n) is 6.48. The Labute approximate surface area is 128 Å². The van der Waals surface area contributed by atoms with Gasteiger partial charge in [0.2, 0.25) is 11.8 Å². The molecule has 0 bridgehead atoms. The molecule has 2 rings (SSSR count). The number of carbonyl (C=O) groups is 2. The predicted molar refractivity (Wildman–Crippen MR) is 78.7 cm³/mol. The van der Waals surface area contributed by atoms with Gasteiger partial charge in [0, 0.05) is 16.6 Å². The quantitative estimate of drug-likeness (QED) is 0.932. The van der Waals surface area contributed by atoms with Crippen LogP contribution in [0.1, 0.15) is 25.8 Å². The van der Waals surface area contributed by atoms with E-state index >= 15 is 0 Å². The molecule has 2 atom stereocenters. The average molecular weight is 315 g/mol. The second kappa shape index (κ2) is 6.02. The van der Waals surface area contributed by atoms with E-state index in [4.69, 9.17) is 23.2 Å². The summed E-state index contributed by atoms with van der Waals surface area (Å²) in [5, 5.41) is 3.81. The fraction of sp³-hybridized carbons (Fsp3) is 0.429. The maximum Gasteiger partial charge on any atom is 0.246 e. The average Bonchev–Trinajstić information content (AvgIpc) is 2.42. The Morgan fingerprint density at radius 2 is 2.00 bits per heavy atom. The molecular weight excluding hydrogens is 299 g/mol. The second-order valence-corrected chi connectivity index (χ2v) is 5.69. The van der Waals surface area contributed by atoms with Crippen molar-refractivity contribution in [2.45, 2.75) is 38.9 Å². The van der Waals surface area contributed by atoms with Crippen molar-refractivity contribution in [2.24, 2.45) is 0 Å². The van der Waals surface area contributed by atoms with Gasteiger partial charge in [0.25, 0.3) is 0 Å². The third-order valence-electron chi connectivity index (χ3n) is 3.50. The number of hydrogen-bond acceptors (Lipinski definition) is 2. The van der Waals surface area contributed by atoms with Crippen LogP contribution in [0.2, 0.25) is 10.0 Å². The summed E-state index contributed by atoms with van der Waals surface area (Å²) in [6.45, 7) is 3.85. The highest BCUT2D eigenvalue weighted by Crippen LogP contribution is 2.24. The molecule has 1 aliphatic heterocycles. The number of nitrogens with one attached hydrogen (secondary N) is 1. The van der Waals surface area contributed by atoms with Crippen molar-refractivity contribution < 1.29 is 9.59 Å². The molecule has 0 aromatic heterocycles. The van der Waals surface area contributed by atoms with Crippen LogP contribution in [0.5, 0.6) is 0 Å². The van der Waals surface area contributed by atoms with Crippen LogP contribution in [0.3, 0.4) is 0 Å². The highest BCUT2D eigenvalue weighted by atomic mass is 35.5. The number of hydrogen-bond donors (Lipinski definition) is 1. The first-order valence-corrected chi connectivity index (χ1v) is 7.24. The van der Waals surface area contributed by atoms with E-state index in [9.17, 15) is 9.59 Å². The van der Waals surface area contributed by atoms with E-state index in [1.54, 1.807) is 30.0 Å². The molecule has 1 fully saturated rings. The van der Waals surface area contributed by atoms with Crippen LogP contribution in [-0.4, -0.2) is 28.8 Å². The summed E-state index contributed by atoms with van der Waals surface area (Å²) < 4.78 is 0. The maximum absolute atomic E-state index is 12.3. The molecule has 0 spiro atoms. The van der Waals surface area contributed by atoms with Crippen LogP contribution in [-0.2, 0) is 16.1 Å². The molecule has 0 aliphatic carbocycles. The zero-order valence-corrected chi connectivity index (χ0v) is 12.8. The van der Waals surface area contributed by atoms with E-state index in [0.29, 0.717) is 16.5 Å². The van der Waals surface area contributed by atoms with Gasteiger partial charge in [-0.2, -0.15) is 0 Å². The molecule has 2 amide bonds. The fourth-order valence-electron chi connectivity index (χ4n) is 2.23. The monoisotopic (exact) mass is 314 g/mol. The Hall–Kier alpha value is -1.26. The highest BCUT2D eigenvalue weighted by molar-refractivity contribution is 6.33. The summed E-state index contributed by atoms with van der Waals surface area (Å²) in [5.74, 6) is -0.231. The molecule has 4 nitrogen and oxygen atoms in total. The lowest BCUT2D eigenvalue weighted by Gasteiger charge is -2.37. The topological polar surface area (TPSA) is 49.4 Å². The van der Waals surface area contributed by atoms with Crippen LogP contribution in [0.15, 0.2) is 18.2 Å². The first kappa shape index (κ1) is 15.1. The van der Waals surface area contributed by atoms with E-state index in [1.165, 1.54) is 0 Å². The standard InChI is InChI=1S/C14H16Cl2N2O2/c1-3-12-14(20)18(8(2)13(19)17-12)7-9-6-10(15)4-5-11(9)16/h4-6,8,12H,3,7H2,1-2H3,(H,17,19). The molecule has 2 unspecified atom stereocenters. The molecular formula is C14H16Cl2N2O2. The zero-order valence-electron chi connectivity index (χ0n) is 11.3. The number of piperazine rings is 1. The molecule has 1 aliphatic rings. The number of rotatable bonds is 3. The van der Waals surface area contributed by atoms with Crippen LogP contribution in [0, 0.1) is 0 Å². The summed E-state index contributed by atoms with van der Waals surface area (Å²) in [4.78, 5) is 25.8. The number of benzene rings is 1. The van der Waals surface area contributed by atoms with Gasteiger partial charge < -0.3 is 10.2 Å². The molecule has 1 N–H and O–H groups in total. The molecule has 1 aromatic rings. The third kappa shape index (κ3) is 2.91. The number of nitrogens with zero attached hydrogens (tertiary/aromatic N) is 1. The summed E-state index contributed by atoms with van der Waals surface area (Å²) in [6, 6.07) is 4.13. The third-order valence-corrected chi connectivity index (χ3v) is 4.11. The Morgan fingerprint density at radius 3 is 2.65 bits per heavy atom. The maximum atomic E-state index is 12.3. The predicted octanol–water partition coefficient (Wildman–Crippen LogP) is 2.62. The van der Waals surface area contributed by atoms with Crippen molar-refractivity contribution in [2.75, 3.05) is 0 Å². The molecule has 0 radical (unpaired) electrons. The Balaban J connectivity index is 2.27. The van der Waals surface area contributed by atoms with Gasteiger partial charge in [-0.05, 0) is 37.1 Å². The minimum absolute atomic E-state index is 0.0874. The minimum atomic E-state index is -0.514. The van der Waals surface area contributed by atoms with Gasteiger partial charge in [-0.25, -0.2) is 0 Å². The van der Waals surface area contributed by atoms with Gasteiger partial charge in [0.05, 0.1) is 0 Å². The van der Waals surface area contributed by atoms with E-state index in [1.807, 2.05) is 6.92 Å². The van der Waals surface area contributed by atoms with E-state index in [-0.39, 0.29) is 18.4 Å². The van der Waals surface area contributed by atoms with Gasteiger partial charge in [0.1, 0.15) is 12.1 Å². The van der Waals surface area contributed by atoms with Crippen molar-refractivity contribution in [3.05, 3.63) is 33.8 Å². The van der Waals surface area contributed by atoms with E-state index in [0.717, 1.165) is 5.56 Å². The van der Waals surface area contributed by atoms with Gasteiger partial charge in [-0.1, -0.05) is 30.1 Å². The lowest BCUT2D eigenvalue weighted by molar-refractivity contribution is -0.149. The van der Waals surface area contributed by atoms with Crippen molar-refractivity contribution in [3.8, 4) is 0 Å². The second-order valence-electron chi connectivity index (χ2n) is 4.85. The Morgan fingerprint density at radius 1 is 1.30 bits per heavy atom. The Kier molecular flexibility index (Phi) is 4.55. The van der Waals surface area contributed by atoms with Gasteiger partial charge in [-0.15, -0.1) is 0 Å². The summed E-state index contributed by atoms with van der Waals surface area (Å²) in [5.41, 5.74) is 0.740. The van der Waals surface area contributed by atoms with Gasteiger partial charge in [-0.3, -0.25) is 9.59 Å². The van der Waals surface area contributed by atoms with Crippen molar-refractivity contribution in [3.63, 3.8) is 0 Å². The van der Waals surface area contributed by atoms with Crippen LogP contribution < -0.4 is 5.32 Å². The lowest BCUT2D eigenvalue weighted by Crippen LogP contribution is -2.61. The van der Waals surface area contributed by atoms with Crippen LogP contribution in [0.4, 0.5) is 0 Å². The molecule has 20 heavy (non-hydrogen) atoms. The lowest BCUT2D eigenvalue weighted by atomic mass is 10.0. The molecule has 1 heterocycles. The molecule has 1 saturated heterocycles. The smallest absolute Gasteiger partial charge is 0.246 e. The van der Waals surface area contributed by atoms with Crippen molar-refractivity contribution >= 4 is 35.0 Å². The molecule has 1 aromatic carbocycles. The fourth-order valence-corrected chi connectivity index (χ4v) is 2.60. The zero-order chi connectivity index (χ0) is 14.9. The van der Waals surface area contributed by atoms with Crippen LogP contribution in [0.25, 0.3) is 0 Å². The molecule has 108 valence electrons. The van der Waals surface area contributed by atoms with Gasteiger partial charge >= 0.3 is 0 Å². The minimum Gasteiger partial charge on any atom is -0.343 e. The van der Waals surface area contributed by atoms with Crippen molar-refractivity contribution in [1.82, 2.24) is 10.2 Å². The number of carbonyl (C=O) groups excluding carboxylic acids is 2. The number of amides is 2. The molecule has 0 saturated carbocycles. The highest BCUT2D eigenvalue weighted by Gasteiger charge is 2.37. The summed E-state index contributed by atoms with van der Waals surface area (Å²) in [6.07, 6.45) is 0.567. The summed E-state index contributed by atoms with van der Waals surface area (Å²) >= 11 is 12.1. The Bertz CT molecular complexity index is 548. The largest absolute Gasteiger partial charge is 0.343 e. The normalized spacial score (nSPS) is 22.9. The SMILES string of the molecule is CCC1NC(=O)C(C)N(Cc2cc(Cl)ccc2Cl)C1=O. The summed E-state index contributed by atoms with van der Waals surface area (Å²) in [7, 11) is 0. The van der Waals surface area contributed by atoms with E-state index < -0.39 is 12.1 Å². The van der Waals surface area contributed by atoms with Crippen LogP contribution >= 0.6 is 23.2 Å². The molecule has 6 heteroatoms. The number of halogens is 2.